The molecule has 0 unspecified atom stereocenters. The summed E-state index contributed by atoms with van der Waals surface area (Å²) < 4.78 is 9.57. The van der Waals surface area contributed by atoms with E-state index >= 15 is 0 Å². The summed E-state index contributed by atoms with van der Waals surface area (Å²) in [5, 5.41) is 0. The minimum absolute atomic E-state index is 0.361. The molecule has 0 aliphatic carbocycles. The van der Waals surface area contributed by atoms with Crippen molar-refractivity contribution >= 4 is 5.97 Å². The first-order valence-corrected chi connectivity index (χ1v) is 14.0. The minimum Gasteiger partial charge on any atom is -0.462 e. The molecule has 2 aromatic rings. The fraction of sp³-hybridized carbons (Fsp3) is 0.581. The highest BCUT2D eigenvalue weighted by molar-refractivity contribution is 5.81. The predicted octanol–water partition coefficient (Wildman–Crippen LogP) is 6.87. The Morgan fingerprint density at radius 1 is 0.771 bits per heavy atom. The monoisotopic (exact) mass is 480 g/mol. The van der Waals surface area contributed by atoms with Gasteiger partial charge in [-0.15, -0.1) is 0 Å². The third-order valence-corrected chi connectivity index (χ3v) is 6.67. The van der Waals surface area contributed by atoms with Crippen LogP contribution < -0.4 is 9.35 Å². The number of nitrogens with zero attached hydrogens (tertiary/aromatic N) is 2. The summed E-state index contributed by atoms with van der Waals surface area (Å²) in [7, 11) is 0. The molecule has 2 heterocycles. The van der Waals surface area contributed by atoms with Crippen molar-refractivity contribution in [1.82, 2.24) is 0 Å². The Labute approximate surface area is 214 Å². The van der Waals surface area contributed by atoms with Crippen LogP contribution in [0.4, 0.5) is 0 Å². The molecule has 0 amide bonds. The van der Waals surface area contributed by atoms with E-state index in [1.165, 1.54) is 107 Å². The summed E-state index contributed by atoms with van der Waals surface area (Å²) >= 11 is 0. The Kier molecular flexibility index (Phi) is 15.4. The van der Waals surface area contributed by atoms with Crippen LogP contribution >= 0.6 is 0 Å². The van der Waals surface area contributed by atoms with Crippen molar-refractivity contribution < 1.29 is 18.9 Å². The van der Waals surface area contributed by atoms with E-state index in [9.17, 15) is 4.79 Å². The molecule has 35 heavy (non-hydrogen) atoms. The second-order valence-corrected chi connectivity index (χ2v) is 9.55. The van der Waals surface area contributed by atoms with Gasteiger partial charge in [-0.2, -0.15) is 0 Å². The van der Waals surface area contributed by atoms with Crippen LogP contribution in [0.25, 0.3) is 0 Å². The van der Waals surface area contributed by atoms with Gasteiger partial charge in [0.05, 0.1) is 16.0 Å². The fourth-order valence-corrected chi connectivity index (χ4v) is 4.63. The Bertz CT molecular complexity index is 835. The number of pyridine rings is 2. The first-order chi connectivity index (χ1) is 17.3. The Balaban J connectivity index is 1.73. The number of carbonyl (C=O) groups is 1. The van der Waals surface area contributed by atoms with E-state index in [4.69, 9.17) is 4.74 Å². The maximum absolute atomic E-state index is 11.4. The zero-order valence-electron chi connectivity index (χ0n) is 22.1. The average molecular weight is 481 g/mol. The van der Waals surface area contributed by atoms with Gasteiger partial charge < -0.3 is 4.74 Å². The molecule has 0 bridgehead atoms. The number of hydrogen-bond donors (Lipinski definition) is 0. The van der Waals surface area contributed by atoms with E-state index in [0.29, 0.717) is 13.0 Å². The Morgan fingerprint density at radius 3 is 1.91 bits per heavy atom. The molecule has 0 aliphatic rings. The lowest BCUT2D eigenvalue weighted by Gasteiger charge is -2.07. The second kappa shape index (κ2) is 18.8. The lowest BCUT2D eigenvalue weighted by Crippen LogP contribution is -2.68. The van der Waals surface area contributed by atoms with Crippen LogP contribution in [0, 0.1) is 0 Å². The molecule has 2 rings (SSSR count). The molecule has 0 saturated carbocycles. The topological polar surface area (TPSA) is 34.1 Å². The van der Waals surface area contributed by atoms with Gasteiger partial charge in [-0.1, -0.05) is 97.0 Å². The van der Waals surface area contributed by atoms with E-state index in [2.05, 4.69) is 53.6 Å². The van der Waals surface area contributed by atoms with Crippen molar-refractivity contribution in [1.29, 1.82) is 0 Å². The van der Waals surface area contributed by atoms with Gasteiger partial charge in [0.25, 0.3) is 5.69 Å². The van der Waals surface area contributed by atoms with Crippen LogP contribution in [0.3, 0.4) is 0 Å². The van der Waals surface area contributed by atoms with E-state index < -0.39 is 0 Å². The first-order valence-electron chi connectivity index (χ1n) is 14.0. The van der Waals surface area contributed by atoms with Crippen molar-refractivity contribution in [3.8, 4) is 0 Å². The van der Waals surface area contributed by atoms with E-state index in [-0.39, 0.29) is 5.97 Å². The molecular formula is C31H48N2O2+2. The number of aromatic nitrogens is 2. The highest BCUT2D eigenvalue weighted by Crippen LogP contribution is 2.14. The normalized spacial score (nSPS) is 10.9. The van der Waals surface area contributed by atoms with Gasteiger partial charge in [0.2, 0.25) is 18.6 Å². The molecule has 0 saturated heterocycles. The second-order valence-electron chi connectivity index (χ2n) is 9.55. The number of esters is 1. The number of hydrogen-bond acceptors (Lipinski definition) is 2. The molecule has 0 spiro atoms. The molecule has 0 atom stereocenters. The van der Waals surface area contributed by atoms with E-state index in [1.54, 1.807) is 0 Å². The SMILES string of the molecule is C=CC(=O)OCCc1ccc[n+](-[n+]2ccccc2)c1CCCCCCCCCCCCCCCC. The Hall–Kier alpha value is -2.49. The molecule has 0 radical (unpaired) electrons. The third kappa shape index (κ3) is 12.2. The molecule has 0 aliphatic heterocycles. The highest BCUT2D eigenvalue weighted by Gasteiger charge is 2.23. The van der Waals surface area contributed by atoms with Gasteiger partial charge >= 0.3 is 5.97 Å². The average Bonchev–Trinajstić information content (AvgIpc) is 2.89. The lowest BCUT2D eigenvalue weighted by molar-refractivity contribution is -1.30. The van der Waals surface area contributed by atoms with Gasteiger partial charge in [0.1, 0.15) is 0 Å². The minimum atomic E-state index is -0.361. The molecule has 4 heteroatoms. The number of carbonyl (C=O) groups excluding carboxylic acids is 1. The summed E-state index contributed by atoms with van der Waals surface area (Å²) in [6, 6.07) is 10.3. The maximum Gasteiger partial charge on any atom is 0.330 e. The van der Waals surface area contributed by atoms with Gasteiger partial charge in [-0.25, -0.2) is 4.79 Å². The third-order valence-electron chi connectivity index (χ3n) is 6.67. The summed E-state index contributed by atoms with van der Waals surface area (Å²) in [6.45, 7) is 6.14. The zero-order valence-corrected chi connectivity index (χ0v) is 22.1. The van der Waals surface area contributed by atoms with E-state index in [0.717, 1.165) is 6.42 Å². The summed E-state index contributed by atoms with van der Waals surface area (Å²) in [6.07, 6.45) is 28.3. The quantitative estimate of drug-likeness (QED) is 0.0897. The largest absolute Gasteiger partial charge is 0.462 e. The number of rotatable bonds is 20. The highest BCUT2D eigenvalue weighted by atomic mass is 16.5. The van der Waals surface area contributed by atoms with Gasteiger partial charge in [-0.3, -0.25) is 0 Å². The molecule has 2 aromatic heterocycles. The van der Waals surface area contributed by atoms with Crippen molar-refractivity contribution in [2.75, 3.05) is 6.61 Å². The Morgan fingerprint density at radius 2 is 1.34 bits per heavy atom. The molecule has 192 valence electrons. The van der Waals surface area contributed by atoms with Crippen LogP contribution in [0.2, 0.25) is 0 Å². The molecular weight excluding hydrogens is 432 g/mol. The summed E-state index contributed by atoms with van der Waals surface area (Å²) in [4.78, 5) is 11.4. The summed E-state index contributed by atoms with van der Waals surface area (Å²) in [5.74, 6) is -0.361. The lowest BCUT2D eigenvalue weighted by atomic mass is 10.0. The number of unbranched alkanes of at least 4 members (excludes halogenated alkanes) is 13. The van der Waals surface area contributed by atoms with Crippen molar-refractivity contribution in [2.24, 2.45) is 0 Å². The van der Waals surface area contributed by atoms with Gasteiger partial charge in [-0.05, 0) is 18.6 Å². The van der Waals surface area contributed by atoms with Crippen LogP contribution in [-0.2, 0) is 22.4 Å². The molecule has 0 aromatic carbocycles. The van der Waals surface area contributed by atoms with Gasteiger partial charge in [0, 0.05) is 42.7 Å². The summed E-state index contributed by atoms with van der Waals surface area (Å²) in [5.41, 5.74) is 2.52. The molecule has 4 nitrogen and oxygen atoms in total. The van der Waals surface area contributed by atoms with Crippen LogP contribution in [-0.4, -0.2) is 12.6 Å². The molecule has 0 N–H and O–H groups in total. The smallest absolute Gasteiger partial charge is 0.330 e. The van der Waals surface area contributed by atoms with Crippen molar-refractivity contribution in [3.63, 3.8) is 0 Å². The zero-order chi connectivity index (χ0) is 25.0. The first kappa shape index (κ1) is 28.7. The van der Waals surface area contributed by atoms with Crippen LogP contribution in [0.15, 0.2) is 61.6 Å². The molecule has 0 fully saturated rings. The van der Waals surface area contributed by atoms with Crippen molar-refractivity contribution in [3.05, 3.63) is 72.8 Å². The van der Waals surface area contributed by atoms with Gasteiger partial charge in [0.15, 0.2) is 0 Å². The van der Waals surface area contributed by atoms with Crippen molar-refractivity contribution in [2.45, 2.75) is 110 Å². The number of ether oxygens (including phenoxy) is 1. The van der Waals surface area contributed by atoms with Crippen LogP contribution in [0.5, 0.6) is 0 Å². The van der Waals surface area contributed by atoms with Crippen LogP contribution in [0.1, 0.15) is 108 Å². The predicted molar refractivity (Wildman–Crippen MR) is 143 cm³/mol. The standard InChI is InChI=1S/C31H48N2O2/c1-3-5-6-7-8-9-10-11-12-13-14-15-16-18-23-30-29(24-28-35-31(34)4-2)22-21-27-33(30)32-25-19-17-20-26-32/h4,17,19-22,25-27H,2-3,5-16,18,23-24,28H2,1H3/q+2. The fourth-order valence-electron chi connectivity index (χ4n) is 4.63. The maximum atomic E-state index is 11.4. The van der Waals surface area contributed by atoms with E-state index in [1.807, 2.05) is 18.2 Å².